The van der Waals surface area contributed by atoms with Crippen LogP contribution in [-0.4, -0.2) is 43.1 Å². The molecule has 0 aliphatic heterocycles. The lowest BCUT2D eigenvalue weighted by Gasteiger charge is -2.10. The molecule has 0 aliphatic carbocycles. The maximum atomic E-state index is 13.1. The van der Waals surface area contributed by atoms with E-state index < -0.39 is 0 Å². The van der Waals surface area contributed by atoms with Gasteiger partial charge in [0.1, 0.15) is 0 Å². The molecule has 0 radical (unpaired) electrons. The predicted octanol–water partition coefficient (Wildman–Crippen LogP) is 4.89. The molecule has 4 rings (SSSR count). The Bertz CT molecular complexity index is 1240. The second-order valence-corrected chi connectivity index (χ2v) is 7.89. The molecule has 0 bridgehead atoms. The van der Waals surface area contributed by atoms with Crippen molar-refractivity contribution in [2.45, 2.75) is 13.0 Å². The van der Waals surface area contributed by atoms with E-state index in [1.165, 1.54) is 0 Å². The first-order chi connectivity index (χ1) is 17.2. The Hall–Kier alpha value is -4.10. The highest BCUT2D eigenvalue weighted by Gasteiger charge is 2.20. The van der Waals surface area contributed by atoms with Crippen molar-refractivity contribution in [2.24, 2.45) is 0 Å². The van der Waals surface area contributed by atoms with Gasteiger partial charge in [-0.3, -0.25) is 4.79 Å². The van der Waals surface area contributed by atoms with Crippen LogP contribution in [-0.2, 0) is 11.3 Å². The molecule has 7 heteroatoms. The number of carbonyl (C=O) groups excluding carboxylic acids is 1. The number of hydrogen-bond acceptors (Lipinski definition) is 5. The lowest BCUT2D eigenvalue weighted by molar-refractivity contribution is 0.0930. The summed E-state index contributed by atoms with van der Waals surface area (Å²) in [5.41, 5.74) is 3.84. The fraction of sp³-hybridized carbons (Fsp3) is 0.214. The van der Waals surface area contributed by atoms with Crippen LogP contribution in [0, 0.1) is 0 Å². The smallest absolute Gasteiger partial charge is 0.272 e. The zero-order chi connectivity index (χ0) is 24.5. The zero-order valence-electron chi connectivity index (χ0n) is 19.9. The molecular formula is C28H29N3O4. The number of ether oxygens (including phenoxy) is 3. The van der Waals surface area contributed by atoms with Gasteiger partial charge in [0.05, 0.1) is 26.5 Å². The van der Waals surface area contributed by atoms with Crippen molar-refractivity contribution in [3.8, 4) is 28.3 Å². The van der Waals surface area contributed by atoms with Gasteiger partial charge in [0, 0.05) is 24.9 Å². The normalized spacial score (nSPS) is 10.7. The second-order valence-electron chi connectivity index (χ2n) is 7.89. The van der Waals surface area contributed by atoms with Crippen LogP contribution in [0.15, 0.2) is 85.1 Å². The average molecular weight is 472 g/mol. The molecule has 7 nitrogen and oxygen atoms in total. The van der Waals surface area contributed by atoms with Crippen LogP contribution in [0.4, 0.5) is 0 Å². The Morgan fingerprint density at radius 3 is 2.34 bits per heavy atom. The summed E-state index contributed by atoms with van der Waals surface area (Å²) in [5, 5.41) is 7.58. The van der Waals surface area contributed by atoms with Crippen molar-refractivity contribution >= 4 is 5.91 Å². The van der Waals surface area contributed by atoms with E-state index in [1.54, 1.807) is 18.9 Å². The summed E-state index contributed by atoms with van der Waals surface area (Å²) in [4.78, 5) is 13.1. The maximum Gasteiger partial charge on any atom is 0.272 e. The molecule has 1 N–H and O–H groups in total. The molecule has 1 aromatic heterocycles. The zero-order valence-corrected chi connectivity index (χ0v) is 19.9. The monoisotopic (exact) mass is 471 g/mol. The Kier molecular flexibility index (Phi) is 8.14. The largest absolute Gasteiger partial charge is 0.493 e. The number of amides is 1. The van der Waals surface area contributed by atoms with Crippen LogP contribution in [0.5, 0.6) is 11.5 Å². The SMILES string of the molecule is COc1ccc(-c2cn(-c3ccccc3)nc2C(=O)NCCCOCc2ccccc2)cc1OC. The molecule has 1 heterocycles. The molecule has 180 valence electrons. The third kappa shape index (κ3) is 6.07. The van der Waals surface area contributed by atoms with Gasteiger partial charge in [0.25, 0.3) is 5.91 Å². The van der Waals surface area contributed by atoms with E-state index in [0.29, 0.717) is 48.9 Å². The first-order valence-corrected chi connectivity index (χ1v) is 11.5. The first kappa shape index (κ1) is 24.0. The van der Waals surface area contributed by atoms with Crippen LogP contribution < -0.4 is 14.8 Å². The molecule has 0 atom stereocenters. The number of carbonyl (C=O) groups is 1. The van der Waals surface area contributed by atoms with E-state index in [-0.39, 0.29) is 5.91 Å². The van der Waals surface area contributed by atoms with Gasteiger partial charge in [-0.1, -0.05) is 54.6 Å². The average Bonchev–Trinajstić information content (AvgIpc) is 3.37. The third-order valence-corrected chi connectivity index (χ3v) is 5.51. The number of aromatic nitrogens is 2. The number of nitrogens with zero attached hydrogens (tertiary/aromatic N) is 2. The molecule has 35 heavy (non-hydrogen) atoms. The van der Waals surface area contributed by atoms with Crippen molar-refractivity contribution in [3.05, 3.63) is 96.3 Å². The van der Waals surface area contributed by atoms with Gasteiger partial charge in [0.15, 0.2) is 17.2 Å². The molecular weight excluding hydrogens is 442 g/mol. The standard InChI is InChI=1S/C28H29N3O4/c1-33-25-15-14-22(18-26(25)34-2)24-19-31(23-12-7-4-8-13-23)30-27(24)28(32)29-16-9-17-35-20-21-10-5-3-6-11-21/h3-8,10-15,18-19H,9,16-17,20H2,1-2H3,(H,29,32). The van der Waals surface area contributed by atoms with Gasteiger partial charge >= 0.3 is 0 Å². The summed E-state index contributed by atoms with van der Waals surface area (Å²) < 4.78 is 18.2. The van der Waals surface area contributed by atoms with Crippen molar-refractivity contribution in [1.29, 1.82) is 0 Å². The molecule has 0 saturated carbocycles. The fourth-order valence-electron chi connectivity index (χ4n) is 3.69. The molecule has 0 saturated heterocycles. The maximum absolute atomic E-state index is 13.1. The number of rotatable bonds is 11. The van der Waals surface area contributed by atoms with Crippen molar-refractivity contribution in [2.75, 3.05) is 27.4 Å². The molecule has 3 aromatic carbocycles. The van der Waals surface area contributed by atoms with Gasteiger partial charge in [-0.25, -0.2) is 4.68 Å². The minimum atomic E-state index is -0.243. The highest BCUT2D eigenvalue weighted by Crippen LogP contribution is 2.34. The van der Waals surface area contributed by atoms with E-state index in [0.717, 1.165) is 16.8 Å². The van der Waals surface area contributed by atoms with Crippen LogP contribution in [0.1, 0.15) is 22.5 Å². The predicted molar refractivity (Wildman–Crippen MR) is 135 cm³/mol. The lowest BCUT2D eigenvalue weighted by Crippen LogP contribution is -2.26. The highest BCUT2D eigenvalue weighted by atomic mass is 16.5. The summed E-state index contributed by atoms with van der Waals surface area (Å²) >= 11 is 0. The Morgan fingerprint density at radius 1 is 0.914 bits per heavy atom. The molecule has 1 amide bonds. The number of methoxy groups -OCH3 is 2. The molecule has 0 unspecified atom stereocenters. The minimum Gasteiger partial charge on any atom is -0.493 e. The van der Waals surface area contributed by atoms with E-state index >= 15 is 0 Å². The Labute approximate surface area is 205 Å². The second kappa shape index (κ2) is 11.9. The van der Waals surface area contributed by atoms with Gasteiger partial charge in [-0.05, 0) is 41.8 Å². The summed E-state index contributed by atoms with van der Waals surface area (Å²) in [7, 11) is 3.18. The number of benzene rings is 3. The molecule has 0 fully saturated rings. The fourth-order valence-corrected chi connectivity index (χ4v) is 3.69. The number of hydrogen-bond donors (Lipinski definition) is 1. The van der Waals surface area contributed by atoms with Gasteiger partial charge in [-0.15, -0.1) is 0 Å². The van der Waals surface area contributed by atoms with Crippen molar-refractivity contribution in [3.63, 3.8) is 0 Å². The Morgan fingerprint density at radius 2 is 1.63 bits per heavy atom. The van der Waals surface area contributed by atoms with E-state index in [2.05, 4.69) is 10.4 Å². The summed E-state index contributed by atoms with van der Waals surface area (Å²) in [6.45, 7) is 1.59. The van der Waals surface area contributed by atoms with Crippen LogP contribution >= 0.6 is 0 Å². The number of para-hydroxylation sites is 1. The van der Waals surface area contributed by atoms with E-state index in [4.69, 9.17) is 14.2 Å². The lowest BCUT2D eigenvalue weighted by atomic mass is 10.1. The quantitative estimate of drug-likeness (QED) is 0.315. The summed E-state index contributed by atoms with van der Waals surface area (Å²) in [6.07, 6.45) is 2.55. The van der Waals surface area contributed by atoms with Gasteiger partial charge in [-0.2, -0.15) is 5.10 Å². The topological polar surface area (TPSA) is 74.6 Å². The van der Waals surface area contributed by atoms with Crippen LogP contribution in [0.3, 0.4) is 0 Å². The third-order valence-electron chi connectivity index (χ3n) is 5.51. The van der Waals surface area contributed by atoms with Crippen molar-refractivity contribution < 1.29 is 19.0 Å². The summed E-state index contributed by atoms with van der Waals surface area (Å²) in [5.74, 6) is 0.958. The molecule has 4 aromatic rings. The van der Waals surface area contributed by atoms with Gasteiger partial charge < -0.3 is 19.5 Å². The number of nitrogens with one attached hydrogen (secondary N) is 1. The Balaban J connectivity index is 1.47. The molecule has 0 aliphatic rings. The van der Waals surface area contributed by atoms with Gasteiger partial charge in [0.2, 0.25) is 0 Å². The summed E-state index contributed by atoms with van der Waals surface area (Å²) in [6, 6.07) is 25.3. The van der Waals surface area contributed by atoms with Crippen LogP contribution in [0.2, 0.25) is 0 Å². The van der Waals surface area contributed by atoms with E-state index in [1.807, 2.05) is 85.1 Å². The highest BCUT2D eigenvalue weighted by molar-refractivity contribution is 5.99. The first-order valence-electron chi connectivity index (χ1n) is 11.5. The minimum absolute atomic E-state index is 0.243. The molecule has 0 spiro atoms. The van der Waals surface area contributed by atoms with Crippen LogP contribution in [0.25, 0.3) is 16.8 Å². The van der Waals surface area contributed by atoms with Crippen molar-refractivity contribution in [1.82, 2.24) is 15.1 Å². The van der Waals surface area contributed by atoms with E-state index in [9.17, 15) is 4.79 Å².